The molecule has 1 unspecified atom stereocenters. The number of nitrogens with zero attached hydrogens (tertiary/aromatic N) is 5. The van der Waals surface area contributed by atoms with Gasteiger partial charge in [0.15, 0.2) is 16.6 Å². The van der Waals surface area contributed by atoms with E-state index in [1.165, 1.54) is 21.1 Å². The van der Waals surface area contributed by atoms with Gasteiger partial charge in [-0.05, 0) is 37.1 Å². The lowest BCUT2D eigenvalue weighted by molar-refractivity contribution is -0.134. The highest BCUT2D eigenvalue weighted by molar-refractivity contribution is 8.13. The predicted octanol–water partition coefficient (Wildman–Crippen LogP) is 3.29. The van der Waals surface area contributed by atoms with E-state index in [-0.39, 0.29) is 39.8 Å². The molecule has 2 aliphatic rings. The Morgan fingerprint density at radius 1 is 0.979 bits per heavy atom. The molecule has 0 radical (unpaired) electrons. The van der Waals surface area contributed by atoms with Crippen LogP contribution in [0.3, 0.4) is 0 Å². The average Bonchev–Trinajstić information content (AvgIpc) is 3.59. The van der Waals surface area contributed by atoms with E-state index in [1.807, 2.05) is 4.90 Å². The minimum Gasteiger partial charge on any atom is -0.497 e. The van der Waals surface area contributed by atoms with Gasteiger partial charge in [-0.3, -0.25) is 19.2 Å². The van der Waals surface area contributed by atoms with Crippen LogP contribution in [0.15, 0.2) is 30.3 Å². The lowest BCUT2D eigenvalue weighted by Gasteiger charge is -2.35. The fourth-order valence-electron chi connectivity index (χ4n) is 6.04. The molecule has 13 nitrogen and oxygen atoms in total. The van der Waals surface area contributed by atoms with Crippen LogP contribution in [0, 0.1) is 5.92 Å². The fraction of sp³-hybridized carbons (Fsp3) is 0.455. The number of aromatic nitrogens is 2. The molecule has 2 fully saturated rings. The largest absolute Gasteiger partial charge is 0.497 e. The van der Waals surface area contributed by atoms with Gasteiger partial charge < -0.3 is 34.6 Å². The van der Waals surface area contributed by atoms with Gasteiger partial charge >= 0.3 is 0 Å². The Kier molecular flexibility index (Phi) is 10.4. The molecule has 250 valence electrons. The molecular formula is C33H40N6O7S. The van der Waals surface area contributed by atoms with Gasteiger partial charge in [0.1, 0.15) is 11.4 Å². The molecule has 2 aliphatic heterocycles. The number of carbonyl (C=O) groups is 4. The Morgan fingerprint density at radius 2 is 1.68 bits per heavy atom. The van der Waals surface area contributed by atoms with Crippen LogP contribution >= 0.6 is 11.8 Å². The summed E-state index contributed by atoms with van der Waals surface area (Å²) in [4.78, 5) is 67.4. The highest BCUT2D eigenvalue weighted by Crippen LogP contribution is 2.41. The molecule has 0 bridgehead atoms. The van der Waals surface area contributed by atoms with Crippen LogP contribution in [0.5, 0.6) is 17.2 Å². The molecule has 1 aromatic heterocycles. The topological polar surface area (TPSA) is 157 Å². The number of ether oxygens (including phenoxy) is 3. The number of amides is 2. The lowest BCUT2D eigenvalue weighted by atomic mass is 10.0. The van der Waals surface area contributed by atoms with E-state index in [2.05, 4.69) is 0 Å². The first-order valence-electron chi connectivity index (χ1n) is 15.5. The fourth-order valence-corrected chi connectivity index (χ4v) is 6.66. The van der Waals surface area contributed by atoms with Crippen molar-refractivity contribution in [1.29, 1.82) is 0 Å². The molecular weight excluding hydrogens is 624 g/mol. The number of rotatable bonds is 10. The van der Waals surface area contributed by atoms with E-state index in [4.69, 9.17) is 29.9 Å². The summed E-state index contributed by atoms with van der Waals surface area (Å²) >= 11 is 1.09. The van der Waals surface area contributed by atoms with Crippen molar-refractivity contribution in [3.8, 4) is 17.2 Å². The minimum absolute atomic E-state index is 0.0653. The molecule has 0 spiro atoms. The number of thioether (sulfide) groups is 1. The molecule has 0 aliphatic carbocycles. The van der Waals surface area contributed by atoms with E-state index in [0.29, 0.717) is 85.2 Å². The molecule has 5 rings (SSSR count). The van der Waals surface area contributed by atoms with Crippen LogP contribution in [0.4, 0.5) is 11.6 Å². The summed E-state index contributed by atoms with van der Waals surface area (Å²) in [5, 5.41) is 0.258. The number of carbonyl (C=O) groups excluding carboxylic acids is 4. The number of hydrogen-bond donors (Lipinski definition) is 1. The SMILES string of the molecule is COc1ccc(C(=O)N2CCN(c3nc(C(=O)[C@@H]4CCCN4C(=O)C(C)CSC(C)=O)c4c(N)c(OC)c(OC)cc4n3)CC2)cc1. The number of ketones is 1. The Balaban J connectivity index is 1.46. The first kappa shape index (κ1) is 33.8. The highest BCUT2D eigenvalue weighted by Gasteiger charge is 2.39. The third-order valence-electron chi connectivity index (χ3n) is 8.57. The monoisotopic (exact) mass is 664 g/mol. The number of methoxy groups -OCH3 is 3. The van der Waals surface area contributed by atoms with Crippen molar-refractivity contribution in [2.45, 2.75) is 32.7 Å². The number of Topliss-reactive ketones (excluding diaryl/α,β-unsaturated/α-hetero) is 1. The van der Waals surface area contributed by atoms with Crippen molar-refractivity contribution < 1.29 is 33.4 Å². The van der Waals surface area contributed by atoms with Crippen molar-refractivity contribution in [1.82, 2.24) is 19.8 Å². The zero-order valence-corrected chi connectivity index (χ0v) is 28.1. The second-order valence-electron chi connectivity index (χ2n) is 11.6. The smallest absolute Gasteiger partial charge is 0.253 e. The van der Waals surface area contributed by atoms with Crippen molar-refractivity contribution in [3.05, 3.63) is 41.6 Å². The molecule has 3 heterocycles. The van der Waals surface area contributed by atoms with Crippen LogP contribution in [0.1, 0.15) is 47.5 Å². The molecule has 14 heteroatoms. The normalized spacial score (nSPS) is 17.0. The summed E-state index contributed by atoms with van der Waals surface area (Å²) in [6, 6.07) is 7.90. The standard InChI is InChI=1S/C33H40N6O7S/c1-19(18-47-20(2)40)31(42)39-12-6-7-24(39)29(41)28-26-23(17-25(45-4)30(46-5)27(26)34)35-33(36-28)38-15-13-37(14-16-38)32(43)21-8-10-22(44-3)11-9-21/h8-11,17,19,24H,6-7,12-16,18,34H2,1-5H3/t19?,24-/m0/s1. The number of anilines is 2. The third kappa shape index (κ3) is 6.92. The van der Waals surface area contributed by atoms with Gasteiger partial charge in [-0.2, -0.15) is 0 Å². The second kappa shape index (κ2) is 14.4. The van der Waals surface area contributed by atoms with E-state index < -0.39 is 12.0 Å². The highest BCUT2D eigenvalue weighted by atomic mass is 32.2. The average molecular weight is 665 g/mol. The lowest BCUT2D eigenvalue weighted by Crippen LogP contribution is -2.49. The van der Waals surface area contributed by atoms with Crippen molar-refractivity contribution in [2.24, 2.45) is 5.92 Å². The Labute approximate surface area is 277 Å². The van der Waals surface area contributed by atoms with Crippen LogP contribution in [-0.2, 0) is 9.59 Å². The second-order valence-corrected chi connectivity index (χ2v) is 12.8. The van der Waals surface area contributed by atoms with Crippen LogP contribution in [0.2, 0.25) is 0 Å². The predicted molar refractivity (Wildman–Crippen MR) is 180 cm³/mol. The Morgan fingerprint density at radius 3 is 2.30 bits per heavy atom. The maximum absolute atomic E-state index is 14.4. The van der Waals surface area contributed by atoms with Crippen molar-refractivity contribution >= 4 is 57.0 Å². The maximum Gasteiger partial charge on any atom is 0.253 e. The van der Waals surface area contributed by atoms with Crippen LogP contribution < -0.4 is 24.8 Å². The summed E-state index contributed by atoms with van der Waals surface area (Å²) in [5.74, 6) is 0.868. The number of likely N-dealkylation sites (tertiary alicyclic amines) is 1. The molecule has 2 atom stereocenters. The van der Waals surface area contributed by atoms with Crippen molar-refractivity contribution in [2.75, 3.05) is 70.4 Å². The minimum atomic E-state index is -0.746. The summed E-state index contributed by atoms with van der Waals surface area (Å²) in [7, 11) is 4.53. The van der Waals surface area contributed by atoms with Gasteiger partial charge in [0.05, 0.1) is 44.0 Å². The molecule has 2 amide bonds. The van der Waals surface area contributed by atoms with Gasteiger partial charge in [0.2, 0.25) is 17.6 Å². The van der Waals surface area contributed by atoms with Gasteiger partial charge in [-0.15, -0.1) is 0 Å². The van der Waals surface area contributed by atoms with Gasteiger partial charge in [-0.1, -0.05) is 18.7 Å². The quantitative estimate of drug-likeness (QED) is 0.250. The molecule has 2 N–H and O–H groups in total. The molecule has 47 heavy (non-hydrogen) atoms. The summed E-state index contributed by atoms with van der Waals surface area (Å²) in [6.07, 6.45) is 1.12. The van der Waals surface area contributed by atoms with Crippen molar-refractivity contribution in [3.63, 3.8) is 0 Å². The number of nitrogen functional groups attached to an aromatic ring is 1. The van der Waals surface area contributed by atoms with Crippen LogP contribution in [-0.4, -0.2) is 108 Å². The van der Waals surface area contributed by atoms with Gasteiger partial charge in [-0.25, -0.2) is 9.97 Å². The first-order chi connectivity index (χ1) is 22.6. The Bertz CT molecular complexity index is 1680. The molecule has 0 saturated carbocycles. The van der Waals surface area contributed by atoms with E-state index in [1.54, 1.807) is 54.2 Å². The zero-order chi connectivity index (χ0) is 33.8. The Hall–Kier alpha value is -4.59. The number of fused-ring (bicyclic) bond motifs is 1. The zero-order valence-electron chi connectivity index (χ0n) is 27.3. The van der Waals surface area contributed by atoms with Gasteiger partial charge in [0, 0.05) is 62.9 Å². The van der Waals surface area contributed by atoms with Crippen LogP contribution in [0.25, 0.3) is 10.9 Å². The molecule has 2 aromatic carbocycles. The summed E-state index contributed by atoms with van der Waals surface area (Å²) in [6.45, 7) is 5.37. The van der Waals surface area contributed by atoms with E-state index in [9.17, 15) is 19.2 Å². The summed E-state index contributed by atoms with van der Waals surface area (Å²) < 4.78 is 16.3. The first-order valence-corrected chi connectivity index (χ1v) is 16.4. The van der Waals surface area contributed by atoms with Gasteiger partial charge in [0.25, 0.3) is 5.91 Å². The molecule has 3 aromatic rings. The number of benzene rings is 2. The maximum atomic E-state index is 14.4. The van der Waals surface area contributed by atoms with E-state index >= 15 is 0 Å². The molecule has 2 saturated heterocycles. The summed E-state index contributed by atoms with van der Waals surface area (Å²) in [5.41, 5.74) is 7.80. The number of hydrogen-bond acceptors (Lipinski definition) is 12. The van der Waals surface area contributed by atoms with E-state index in [0.717, 1.165) is 11.8 Å². The third-order valence-corrected chi connectivity index (χ3v) is 9.64. The number of piperazine rings is 1. The number of nitrogens with two attached hydrogens (primary N) is 1.